The minimum absolute atomic E-state index is 0.144. The van der Waals surface area contributed by atoms with E-state index in [1.807, 2.05) is 6.92 Å². The quantitative estimate of drug-likeness (QED) is 0.724. The molecular weight excluding hydrogens is 232 g/mol. The van der Waals surface area contributed by atoms with Gasteiger partial charge in [-0.25, -0.2) is 0 Å². The number of amides is 1. The number of carbonyl (C=O) groups excluding carboxylic acids is 1. The lowest BCUT2D eigenvalue weighted by Gasteiger charge is -2.12. The summed E-state index contributed by atoms with van der Waals surface area (Å²) in [7, 11) is 1.48. The summed E-state index contributed by atoms with van der Waals surface area (Å²) in [6, 6.07) is 1.63. The van der Waals surface area contributed by atoms with Crippen LogP contribution in [-0.2, 0) is 0 Å². The van der Waals surface area contributed by atoms with Crippen molar-refractivity contribution in [3.63, 3.8) is 0 Å². The minimum atomic E-state index is -0.242. The zero-order valence-corrected chi connectivity index (χ0v) is 11.4. The predicted octanol–water partition coefficient (Wildman–Crippen LogP) is 2.77. The van der Waals surface area contributed by atoms with E-state index in [0.717, 1.165) is 12.8 Å². The molecule has 1 unspecified atom stereocenters. The van der Waals surface area contributed by atoms with Crippen molar-refractivity contribution in [1.29, 1.82) is 0 Å². The Balaban J connectivity index is 2.30. The van der Waals surface area contributed by atoms with Gasteiger partial charge in [0.25, 0.3) is 11.8 Å². The number of nitrogens with one attached hydrogen (secondary N) is 1. The number of carbonyl (C=O) groups is 1. The first kappa shape index (κ1) is 14.5. The Labute approximate surface area is 108 Å². The van der Waals surface area contributed by atoms with Gasteiger partial charge in [0.2, 0.25) is 5.76 Å². The van der Waals surface area contributed by atoms with Crippen LogP contribution in [0.15, 0.2) is 10.6 Å². The molecule has 0 saturated heterocycles. The van der Waals surface area contributed by atoms with Crippen molar-refractivity contribution in [2.45, 2.75) is 52.0 Å². The van der Waals surface area contributed by atoms with Crippen molar-refractivity contribution in [1.82, 2.24) is 10.5 Å². The first-order valence-corrected chi connectivity index (χ1v) is 6.49. The summed E-state index contributed by atoms with van der Waals surface area (Å²) in [5.74, 6) is 0.261. The third-order valence-corrected chi connectivity index (χ3v) is 2.79. The van der Waals surface area contributed by atoms with Crippen LogP contribution in [0.25, 0.3) is 0 Å². The summed E-state index contributed by atoms with van der Waals surface area (Å²) < 4.78 is 9.73. The van der Waals surface area contributed by atoms with Gasteiger partial charge in [-0.05, 0) is 18.5 Å². The highest BCUT2D eigenvalue weighted by Gasteiger charge is 2.15. The van der Waals surface area contributed by atoms with Gasteiger partial charge in [-0.2, -0.15) is 0 Å². The number of nitrogens with zero attached hydrogens (tertiary/aromatic N) is 1. The summed E-state index contributed by atoms with van der Waals surface area (Å²) in [6.07, 6.45) is 5.80. The van der Waals surface area contributed by atoms with Crippen molar-refractivity contribution < 1.29 is 14.1 Å². The molecule has 0 radical (unpaired) electrons. The van der Waals surface area contributed by atoms with E-state index in [4.69, 9.17) is 9.26 Å². The average Bonchev–Trinajstić information content (AvgIpc) is 2.83. The predicted molar refractivity (Wildman–Crippen MR) is 68.7 cm³/mol. The zero-order chi connectivity index (χ0) is 13.4. The lowest BCUT2D eigenvalue weighted by atomic mass is 10.1. The van der Waals surface area contributed by atoms with E-state index in [2.05, 4.69) is 17.4 Å². The summed E-state index contributed by atoms with van der Waals surface area (Å²) >= 11 is 0. The van der Waals surface area contributed by atoms with Crippen molar-refractivity contribution in [2.75, 3.05) is 7.11 Å². The standard InChI is InChI=1S/C13H22N2O3/c1-4-5-6-7-8-10(2)14-13(16)11-9-12(17-3)15-18-11/h9-10H,4-8H2,1-3H3,(H,14,16). The van der Waals surface area contributed by atoms with Gasteiger partial charge in [-0.15, -0.1) is 0 Å². The van der Waals surface area contributed by atoms with Crippen molar-refractivity contribution in [2.24, 2.45) is 0 Å². The second-order valence-electron chi connectivity index (χ2n) is 4.46. The highest BCUT2D eigenvalue weighted by atomic mass is 16.5. The number of methoxy groups -OCH3 is 1. The second-order valence-corrected chi connectivity index (χ2v) is 4.46. The zero-order valence-electron chi connectivity index (χ0n) is 11.4. The Hall–Kier alpha value is -1.52. The van der Waals surface area contributed by atoms with E-state index in [1.54, 1.807) is 0 Å². The molecule has 0 spiro atoms. The smallest absolute Gasteiger partial charge is 0.290 e. The molecule has 0 bridgehead atoms. The van der Waals surface area contributed by atoms with Crippen LogP contribution in [0.4, 0.5) is 0 Å². The fourth-order valence-corrected chi connectivity index (χ4v) is 1.71. The summed E-state index contributed by atoms with van der Waals surface area (Å²) in [6.45, 7) is 4.18. The molecule has 1 rings (SSSR count). The maximum absolute atomic E-state index is 11.8. The van der Waals surface area contributed by atoms with E-state index in [0.29, 0.717) is 5.88 Å². The van der Waals surface area contributed by atoms with Gasteiger partial charge in [0.15, 0.2) is 0 Å². The Morgan fingerprint density at radius 2 is 2.28 bits per heavy atom. The molecule has 1 heterocycles. The Bertz CT molecular complexity index is 363. The number of rotatable bonds is 8. The van der Waals surface area contributed by atoms with Crippen LogP contribution in [0, 0.1) is 0 Å². The molecule has 0 aromatic carbocycles. The summed E-state index contributed by atoms with van der Waals surface area (Å²) in [4.78, 5) is 11.8. The molecule has 1 aromatic rings. The van der Waals surface area contributed by atoms with Gasteiger partial charge in [0.05, 0.1) is 13.2 Å². The molecule has 1 aromatic heterocycles. The SMILES string of the molecule is CCCCCCC(C)NC(=O)c1cc(OC)no1. The van der Waals surface area contributed by atoms with Crippen LogP contribution in [0.2, 0.25) is 0 Å². The molecule has 18 heavy (non-hydrogen) atoms. The van der Waals surface area contributed by atoms with Gasteiger partial charge < -0.3 is 14.6 Å². The van der Waals surface area contributed by atoms with Gasteiger partial charge >= 0.3 is 0 Å². The molecule has 0 aliphatic rings. The van der Waals surface area contributed by atoms with Crippen LogP contribution < -0.4 is 10.1 Å². The molecule has 5 nitrogen and oxygen atoms in total. The first-order chi connectivity index (χ1) is 8.67. The third-order valence-electron chi connectivity index (χ3n) is 2.79. The fourth-order valence-electron chi connectivity index (χ4n) is 1.71. The molecule has 1 atom stereocenters. The van der Waals surface area contributed by atoms with Crippen LogP contribution >= 0.6 is 0 Å². The fraction of sp³-hybridized carbons (Fsp3) is 0.692. The minimum Gasteiger partial charge on any atom is -0.479 e. The molecule has 0 aliphatic heterocycles. The van der Waals surface area contributed by atoms with Crippen LogP contribution in [0.1, 0.15) is 56.5 Å². The molecule has 1 amide bonds. The number of hydrogen-bond donors (Lipinski definition) is 1. The Morgan fingerprint density at radius 1 is 1.50 bits per heavy atom. The van der Waals surface area contributed by atoms with E-state index < -0.39 is 0 Å². The lowest BCUT2D eigenvalue weighted by molar-refractivity contribution is 0.0900. The third kappa shape index (κ3) is 4.77. The van der Waals surface area contributed by atoms with E-state index in [-0.39, 0.29) is 17.7 Å². The lowest BCUT2D eigenvalue weighted by Crippen LogP contribution is -2.32. The van der Waals surface area contributed by atoms with Gasteiger partial charge in [0, 0.05) is 6.04 Å². The molecular formula is C13H22N2O3. The highest BCUT2D eigenvalue weighted by molar-refractivity contribution is 5.91. The van der Waals surface area contributed by atoms with Crippen molar-refractivity contribution >= 4 is 5.91 Å². The highest BCUT2D eigenvalue weighted by Crippen LogP contribution is 2.11. The molecule has 0 fully saturated rings. The van der Waals surface area contributed by atoms with Gasteiger partial charge in [-0.1, -0.05) is 32.6 Å². The van der Waals surface area contributed by atoms with Crippen molar-refractivity contribution in [3.05, 3.63) is 11.8 Å². The molecule has 102 valence electrons. The molecule has 5 heteroatoms. The topological polar surface area (TPSA) is 64.4 Å². The van der Waals surface area contributed by atoms with Crippen LogP contribution in [0.3, 0.4) is 0 Å². The Kier molecular flexibility index (Phi) is 6.25. The second kappa shape index (κ2) is 7.74. The maximum atomic E-state index is 11.8. The monoisotopic (exact) mass is 254 g/mol. The van der Waals surface area contributed by atoms with Crippen LogP contribution in [0.5, 0.6) is 5.88 Å². The molecule has 0 aliphatic carbocycles. The largest absolute Gasteiger partial charge is 0.479 e. The summed E-state index contributed by atoms with van der Waals surface area (Å²) in [5.41, 5.74) is 0. The molecule has 1 N–H and O–H groups in total. The van der Waals surface area contributed by atoms with Crippen molar-refractivity contribution in [3.8, 4) is 5.88 Å². The normalized spacial score (nSPS) is 12.2. The molecule has 0 saturated carbocycles. The van der Waals surface area contributed by atoms with Gasteiger partial charge in [-0.3, -0.25) is 4.79 Å². The maximum Gasteiger partial charge on any atom is 0.290 e. The van der Waals surface area contributed by atoms with E-state index in [9.17, 15) is 4.79 Å². The van der Waals surface area contributed by atoms with Crippen LogP contribution in [-0.4, -0.2) is 24.2 Å². The van der Waals surface area contributed by atoms with Gasteiger partial charge in [0.1, 0.15) is 0 Å². The Morgan fingerprint density at radius 3 is 2.89 bits per heavy atom. The number of hydrogen-bond acceptors (Lipinski definition) is 4. The van der Waals surface area contributed by atoms with E-state index >= 15 is 0 Å². The van der Waals surface area contributed by atoms with E-state index in [1.165, 1.54) is 32.4 Å². The first-order valence-electron chi connectivity index (χ1n) is 6.49. The average molecular weight is 254 g/mol. The summed E-state index contributed by atoms with van der Waals surface area (Å²) in [5, 5.41) is 6.47. The number of unbranched alkanes of at least 4 members (excludes halogenated alkanes) is 3. The number of aromatic nitrogens is 1. The number of ether oxygens (including phenoxy) is 1.